The van der Waals surface area contributed by atoms with Gasteiger partial charge in [-0.15, -0.1) is 0 Å². The third-order valence-corrected chi connectivity index (χ3v) is 6.13. The van der Waals surface area contributed by atoms with Gasteiger partial charge in [-0.2, -0.15) is 0 Å². The number of ether oxygens (including phenoxy) is 2. The van der Waals surface area contributed by atoms with E-state index >= 15 is 0 Å². The maximum Gasteiger partial charge on any atom is 0.328 e. The molecule has 1 heterocycles. The second-order valence-corrected chi connectivity index (χ2v) is 8.77. The van der Waals surface area contributed by atoms with Gasteiger partial charge in [0.1, 0.15) is 12.6 Å². The van der Waals surface area contributed by atoms with E-state index in [-0.39, 0.29) is 25.2 Å². The summed E-state index contributed by atoms with van der Waals surface area (Å²) < 4.78 is 10.4. The highest BCUT2D eigenvalue weighted by molar-refractivity contribution is 6.30. The van der Waals surface area contributed by atoms with Crippen LogP contribution in [-0.2, 0) is 19.1 Å². The molecule has 34 heavy (non-hydrogen) atoms. The van der Waals surface area contributed by atoms with Crippen LogP contribution in [0.4, 0.5) is 0 Å². The summed E-state index contributed by atoms with van der Waals surface area (Å²) in [7, 11) is 0. The number of amides is 1. The van der Waals surface area contributed by atoms with Crippen molar-refractivity contribution in [3.05, 3.63) is 70.7 Å². The molecule has 1 amide bonds. The van der Waals surface area contributed by atoms with Gasteiger partial charge >= 0.3 is 5.97 Å². The molecule has 1 fully saturated rings. The molecule has 1 aliphatic heterocycles. The third-order valence-electron chi connectivity index (χ3n) is 5.88. The standard InChI is InChI=1S/C26H34ClN3O4/c1-3-34-26(32)20(2)28-24(31)19-33-18-17-29-13-15-30(16-14-29)25(21-7-5-4-6-8-21)22-9-11-23(27)12-10-22/h4-12,20,25H,3,13-19H2,1-2H3,(H,28,31). The number of hydrogen-bond acceptors (Lipinski definition) is 6. The third kappa shape index (κ3) is 7.81. The molecule has 0 aliphatic carbocycles. The van der Waals surface area contributed by atoms with Crippen molar-refractivity contribution in [2.45, 2.75) is 25.9 Å². The molecule has 184 valence electrons. The monoisotopic (exact) mass is 487 g/mol. The normalized spacial score (nSPS) is 16.6. The lowest BCUT2D eigenvalue weighted by molar-refractivity contribution is -0.147. The zero-order chi connectivity index (χ0) is 24.3. The summed E-state index contributed by atoms with van der Waals surface area (Å²) in [5.41, 5.74) is 2.50. The fraction of sp³-hybridized carbons (Fsp3) is 0.462. The Kier molecular flexibility index (Phi) is 10.3. The van der Waals surface area contributed by atoms with Crippen LogP contribution >= 0.6 is 11.6 Å². The van der Waals surface area contributed by atoms with Gasteiger partial charge in [-0.1, -0.05) is 54.1 Å². The van der Waals surface area contributed by atoms with Crippen LogP contribution in [0.15, 0.2) is 54.6 Å². The molecule has 2 unspecified atom stereocenters. The van der Waals surface area contributed by atoms with Gasteiger partial charge in [0.05, 0.1) is 19.3 Å². The Morgan fingerprint density at radius 2 is 1.65 bits per heavy atom. The Morgan fingerprint density at radius 1 is 1.00 bits per heavy atom. The predicted octanol–water partition coefficient (Wildman–Crippen LogP) is 3.13. The molecule has 2 aromatic rings. The van der Waals surface area contributed by atoms with Gasteiger partial charge < -0.3 is 14.8 Å². The maximum atomic E-state index is 11.9. The van der Waals surface area contributed by atoms with E-state index in [0.29, 0.717) is 6.61 Å². The van der Waals surface area contributed by atoms with Crippen molar-refractivity contribution < 1.29 is 19.1 Å². The molecular weight excluding hydrogens is 454 g/mol. The highest BCUT2D eigenvalue weighted by atomic mass is 35.5. The SMILES string of the molecule is CCOC(=O)C(C)NC(=O)COCCN1CCN(C(c2ccccc2)c2ccc(Cl)cc2)CC1. The van der Waals surface area contributed by atoms with E-state index in [1.54, 1.807) is 13.8 Å². The largest absolute Gasteiger partial charge is 0.464 e. The Morgan fingerprint density at radius 3 is 2.29 bits per heavy atom. The molecule has 2 aromatic carbocycles. The van der Waals surface area contributed by atoms with Crippen molar-refractivity contribution in [3.63, 3.8) is 0 Å². The van der Waals surface area contributed by atoms with Crippen molar-refractivity contribution in [2.24, 2.45) is 0 Å². The van der Waals surface area contributed by atoms with Crippen LogP contribution in [0.25, 0.3) is 0 Å². The van der Waals surface area contributed by atoms with Crippen LogP contribution in [0.3, 0.4) is 0 Å². The van der Waals surface area contributed by atoms with Crippen molar-refractivity contribution >= 4 is 23.5 Å². The van der Waals surface area contributed by atoms with Crippen molar-refractivity contribution in [1.82, 2.24) is 15.1 Å². The summed E-state index contributed by atoms with van der Waals surface area (Å²) in [5.74, 6) is -0.764. The summed E-state index contributed by atoms with van der Waals surface area (Å²) in [4.78, 5) is 28.4. The molecular formula is C26H34ClN3O4. The van der Waals surface area contributed by atoms with Crippen LogP contribution in [0.1, 0.15) is 31.0 Å². The quantitative estimate of drug-likeness (QED) is 0.388. The number of benzene rings is 2. The molecule has 1 saturated heterocycles. The minimum atomic E-state index is -0.678. The summed E-state index contributed by atoms with van der Waals surface area (Å²) in [6, 6.07) is 18.2. The van der Waals surface area contributed by atoms with E-state index in [1.165, 1.54) is 11.1 Å². The highest BCUT2D eigenvalue weighted by Gasteiger charge is 2.26. The number of nitrogens with zero attached hydrogens (tertiary/aromatic N) is 2. The minimum Gasteiger partial charge on any atom is -0.464 e. The van der Waals surface area contributed by atoms with Gasteiger partial charge in [-0.25, -0.2) is 4.79 Å². The Balaban J connectivity index is 1.44. The topological polar surface area (TPSA) is 71.1 Å². The first-order valence-corrected chi connectivity index (χ1v) is 12.2. The molecule has 0 aromatic heterocycles. The average Bonchev–Trinajstić information content (AvgIpc) is 2.85. The molecule has 3 rings (SSSR count). The minimum absolute atomic E-state index is 0.0731. The van der Waals surface area contributed by atoms with Crippen molar-refractivity contribution in [2.75, 3.05) is 52.5 Å². The van der Waals surface area contributed by atoms with Crippen LogP contribution < -0.4 is 5.32 Å². The fourth-order valence-corrected chi connectivity index (χ4v) is 4.23. The first kappa shape index (κ1) is 26.2. The number of hydrogen-bond donors (Lipinski definition) is 1. The van der Waals surface area contributed by atoms with Gasteiger partial charge in [-0.05, 0) is 37.1 Å². The zero-order valence-corrected chi connectivity index (χ0v) is 20.7. The molecule has 2 atom stereocenters. The van der Waals surface area contributed by atoms with Crippen molar-refractivity contribution in [1.29, 1.82) is 0 Å². The summed E-state index contributed by atoms with van der Waals surface area (Å²) in [6.07, 6.45) is 0. The van der Waals surface area contributed by atoms with E-state index in [1.807, 2.05) is 18.2 Å². The van der Waals surface area contributed by atoms with E-state index in [4.69, 9.17) is 21.1 Å². The molecule has 0 spiro atoms. The summed E-state index contributed by atoms with van der Waals surface area (Å²) in [6.45, 7) is 8.46. The lowest BCUT2D eigenvalue weighted by Crippen LogP contribution is -2.48. The molecule has 1 aliphatic rings. The molecule has 0 bridgehead atoms. The molecule has 1 N–H and O–H groups in total. The van der Waals surface area contributed by atoms with Crippen LogP contribution in [0.2, 0.25) is 5.02 Å². The Hall–Kier alpha value is -2.45. The predicted molar refractivity (Wildman–Crippen MR) is 133 cm³/mol. The molecule has 0 saturated carbocycles. The zero-order valence-electron chi connectivity index (χ0n) is 19.9. The molecule has 7 nitrogen and oxygen atoms in total. The number of carbonyl (C=O) groups excluding carboxylic acids is 2. The van der Waals surface area contributed by atoms with Crippen molar-refractivity contribution in [3.8, 4) is 0 Å². The smallest absolute Gasteiger partial charge is 0.328 e. The number of carbonyl (C=O) groups is 2. The van der Waals surface area contributed by atoms with Gasteiger partial charge in [0.2, 0.25) is 5.91 Å². The van der Waals surface area contributed by atoms with E-state index in [9.17, 15) is 9.59 Å². The van der Waals surface area contributed by atoms with Gasteiger partial charge in [0.15, 0.2) is 0 Å². The van der Waals surface area contributed by atoms with Crippen LogP contribution in [0.5, 0.6) is 0 Å². The number of nitrogens with one attached hydrogen (secondary N) is 1. The van der Waals surface area contributed by atoms with E-state index < -0.39 is 12.0 Å². The number of rotatable bonds is 11. The number of esters is 1. The lowest BCUT2D eigenvalue weighted by Gasteiger charge is -2.39. The molecule has 8 heteroatoms. The second kappa shape index (κ2) is 13.4. The highest BCUT2D eigenvalue weighted by Crippen LogP contribution is 2.30. The van der Waals surface area contributed by atoms with Gasteiger partial charge in [0.25, 0.3) is 0 Å². The first-order chi connectivity index (χ1) is 16.5. The van der Waals surface area contributed by atoms with E-state index in [2.05, 4.69) is 51.5 Å². The average molecular weight is 488 g/mol. The first-order valence-electron chi connectivity index (χ1n) is 11.8. The summed E-state index contributed by atoms with van der Waals surface area (Å²) >= 11 is 6.12. The Labute approximate surface area is 207 Å². The van der Waals surface area contributed by atoms with Gasteiger partial charge in [0, 0.05) is 37.7 Å². The number of halogens is 1. The van der Waals surface area contributed by atoms with Crippen LogP contribution in [-0.4, -0.2) is 80.3 Å². The van der Waals surface area contributed by atoms with E-state index in [0.717, 1.165) is 37.7 Å². The van der Waals surface area contributed by atoms with Crippen LogP contribution in [0, 0.1) is 0 Å². The fourth-order valence-electron chi connectivity index (χ4n) is 4.11. The Bertz CT molecular complexity index is 902. The van der Waals surface area contributed by atoms with Gasteiger partial charge in [-0.3, -0.25) is 14.6 Å². The lowest BCUT2D eigenvalue weighted by atomic mass is 9.96. The number of piperazine rings is 1. The maximum absolute atomic E-state index is 11.9. The second-order valence-electron chi connectivity index (χ2n) is 8.34. The molecule has 0 radical (unpaired) electrons. The summed E-state index contributed by atoms with van der Waals surface area (Å²) in [5, 5.41) is 3.33.